The lowest BCUT2D eigenvalue weighted by Gasteiger charge is -2.11. The fourth-order valence-electron chi connectivity index (χ4n) is 1.45. The molecule has 1 unspecified atom stereocenters. The highest BCUT2D eigenvalue weighted by Crippen LogP contribution is 2.15. The molecule has 0 saturated heterocycles. The van der Waals surface area contributed by atoms with Gasteiger partial charge < -0.3 is 14.9 Å². The number of carbonyl (C=O) groups is 3. The summed E-state index contributed by atoms with van der Waals surface area (Å²) in [7, 11) is 0. The van der Waals surface area contributed by atoms with Gasteiger partial charge in [0.1, 0.15) is 0 Å². The van der Waals surface area contributed by atoms with Crippen LogP contribution in [0, 0.1) is 5.92 Å². The summed E-state index contributed by atoms with van der Waals surface area (Å²) in [6.45, 7) is 3.38. The Kier molecular flexibility index (Phi) is 8.26. The van der Waals surface area contributed by atoms with Gasteiger partial charge in [-0.15, -0.1) is 0 Å². The van der Waals surface area contributed by atoms with Crippen molar-refractivity contribution in [2.45, 2.75) is 32.1 Å². The summed E-state index contributed by atoms with van der Waals surface area (Å²) in [5, 5.41) is 17.4. The second-order valence-corrected chi connectivity index (χ2v) is 3.83. The number of aliphatic carboxylic acids is 2. The highest BCUT2D eigenvalue weighted by Gasteiger charge is 2.17. The van der Waals surface area contributed by atoms with Crippen molar-refractivity contribution in [3.63, 3.8) is 0 Å². The van der Waals surface area contributed by atoms with Gasteiger partial charge in [0.15, 0.2) is 0 Å². The third kappa shape index (κ3) is 8.32. The van der Waals surface area contributed by atoms with Crippen molar-refractivity contribution in [2.75, 3.05) is 6.61 Å². The zero-order valence-corrected chi connectivity index (χ0v) is 10.1. The number of ether oxygens (including phenoxy) is 1. The summed E-state index contributed by atoms with van der Waals surface area (Å²) < 4.78 is 4.72. The van der Waals surface area contributed by atoms with Crippen LogP contribution in [-0.2, 0) is 19.1 Å². The van der Waals surface area contributed by atoms with Crippen LogP contribution in [0.25, 0.3) is 0 Å². The van der Waals surface area contributed by atoms with Gasteiger partial charge in [-0.2, -0.15) is 0 Å². The van der Waals surface area contributed by atoms with Crippen molar-refractivity contribution in [1.29, 1.82) is 0 Å². The lowest BCUT2D eigenvalue weighted by molar-refractivity contribution is -0.143. The molecule has 0 spiro atoms. The number of hydrogen-bond acceptors (Lipinski definition) is 4. The Morgan fingerprint density at radius 2 is 1.78 bits per heavy atom. The molecule has 1 atom stereocenters. The number of esters is 1. The second-order valence-electron chi connectivity index (χ2n) is 3.83. The fraction of sp³-hybridized carbons (Fsp3) is 0.583. The van der Waals surface area contributed by atoms with Gasteiger partial charge in [0.2, 0.25) is 0 Å². The summed E-state index contributed by atoms with van der Waals surface area (Å²) in [6.07, 6.45) is 2.45. The summed E-state index contributed by atoms with van der Waals surface area (Å²) >= 11 is 0. The highest BCUT2D eigenvalue weighted by molar-refractivity contribution is 5.81. The van der Waals surface area contributed by atoms with Gasteiger partial charge >= 0.3 is 17.9 Å². The topological polar surface area (TPSA) is 101 Å². The largest absolute Gasteiger partial charge is 0.481 e. The van der Waals surface area contributed by atoms with Crippen molar-refractivity contribution in [3.05, 3.63) is 12.7 Å². The Bertz CT molecular complexity index is 310. The van der Waals surface area contributed by atoms with Gasteiger partial charge in [-0.1, -0.05) is 6.58 Å². The van der Waals surface area contributed by atoms with E-state index in [1.165, 1.54) is 0 Å². The normalized spacial score (nSPS) is 11.6. The zero-order valence-electron chi connectivity index (χ0n) is 10.1. The summed E-state index contributed by atoms with van der Waals surface area (Å²) in [5.41, 5.74) is 0. The number of carboxylic acids is 2. The number of carbonyl (C=O) groups excluding carboxylic acids is 1. The molecule has 0 aromatic heterocycles. The van der Waals surface area contributed by atoms with E-state index in [4.69, 9.17) is 14.9 Å². The maximum Gasteiger partial charge on any atom is 0.330 e. The van der Waals surface area contributed by atoms with Crippen LogP contribution in [-0.4, -0.2) is 34.7 Å². The molecule has 102 valence electrons. The summed E-state index contributed by atoms with van der Waals surface area (Å²) in [6, 6.07) is 0. The Balaban J connectivity index is 3.83. The van der Waals surface area contributed by atoms with Gasteiger partial charge in [-0.3, -0.25) is 9.59 Å². The van der Waals surface area contributed by atoms with Gasteiger partial charge in [-0.25, -0.2) is 4.79 Å². The van der Waals surface area contributed by atoms with Crippen LogP contribution in [0.3, 0.4) is 0 Å². The first-order valence-corrected chi connectivity index (χ1v) is 5.71. The summed E-state index contributed by atoms with van der Waals surface area (Å²) in [4.78, 5) is 31.9. The van der Waals surface area contributed by atoms with Crippen LogP contribution in [0.1, 0.15) is 32.1 Å². The van der Waals surface area contributed by atoms with Crippen molar-refractivity contribution in [2.24, 2.45) is 5.92 Å². The molecule has 0 bridgehead atoms. The average molecular weight is 258 g/mol. The smallest absolute Gasteiger partial charge is 0.330 e. The first kappa shape index (κ1) is 16.1. The van der Waals surface area contributed by atoms with E-state index in [1.807, 2.05) is 0 Å². The Hall–Kier alpha value is -1.85. The van der Waals surface area contributed by atoms with Crippen LogP contribution in [0.15, 0.2) is 12.7 Å². The van der Waals surface area contributed by atoms with Crippen LogP contribution in [0.5, 0.6) is 0 Å². The maximum atomic E-state index is 10.9. The van der Waals surface area contributed by atoms with E-state index in [1.54, 1.807) is 0 Å². The van der Waals surface area contributed by atoms with E-state index in [-0.39, 0.29) is 13.0 Å². The highest BCUT2D eigenvalue weighted by atomic mass is 16.5. The van der Waals surface area contributed by atoms with E-state index in [9.17, 15) is 14.4 Å². The number of carboxylic acid groups (broad SMARTS) is 2. The van der Waals surface area contributed by atoms with Crippen molar-refractivity contribution < 1.29 is 29.3 Å². The predicted molar refractivity (Wildman–Crippen MR) is 63.0 cm³/mol. The van der Waals surface area contributed by atoms with E-state index >= 15 is 0 Å². The molecule has 0 aliphatic heterocycles. The second kappa shape index (κ2) is 9.21. The average Bonchev–Trinajstić information content (AvgIpc) is 2.30. The van der Waals surface area contributed by atoms with Crippen LogP contribution in [0.2, 0.25) is 0 Å². The maximum absolute atomic E-state index is 10.9. The molecular weight excluding hydrogens is 240 g/mol. The molecule has 2 N–H and O–H groups in total. The molecule has 18 heavy (non-hydrogen) atoms. The van der Waals surface area contributed by atoms with Crippen LogP contribution < -0.4 is 0 Å². The van der Waals surface area contributed by atoms with Crippen molar-refractivity contribution >= 4 is 17.9 Å². The van der Waals surface area contributed by atoms with E-state index < -0.39 is 23.8 Å². The molecular formula is C12H18O6. The molecule has 0 amide bonds. The van der Waals surface area contributed by atoms with Gasteiger partial charge in [-0.05, 0) is 25.7 Å². The molecule has 0 heterocycles. The van der Waals surface area contributed by atoms with Crippen molar-refractivity contribution in [3.8, 4) is 0 Å². The van der Waals surface area contributed by atoms with E-state index in [0.29, 0.717) is 25.7 Å². The standard InChI is InChI=1S/C12H18O6/c1-2-11(15)18-8-4-6-9(12(16)17)5-3-7-10(13)14/h2,9H,1,3-8H2,(H,13,14)(H,16,17). The Labute approximate surface area is 105 Å². The van der Waals surface area contributed by atoms with Crippen molar-refractivity contribution in [1.82, 2.24) is 0 Å². The molecule has 6 heteroatoms. The molecule has 0 radical (unpaired) electrons. The molecule has 0 rings (SSSR count). The number of hydrogen-bond donors (Lipinski definition) is 2. The van der Waals surface area contributed by atoms with E-state index in [2.05, 4.69) is 6.58 Å². The van der Waals surface area contributed by atoms with Crippen LogP contribution in [0.4, 0.5) is 0 Å². The quantitative estimate of drug-likeness (QED) is 0.349. The zero-order chi connectivity index (χ0) is 14.0. The van der Waals surface area contributed by atoms with Gasteiger partial charge in [0, 0.05) is 12.5 Å². The Morgan fingerprint density at radius 1 is 1.17 bits per heavy atom. The monoisotopic (exact) mass is 258 g/mol. The summed E-state index contributed by atoms with van der Waals surface area (Å²) in [5.74, 6) is -3.01. The first-order chi connectivity index (χ1) is 8.47. The minimum absolute atomic E-state index is 0.0325. The lowest BCUT2D eigenvalue weighted by atomic mass is 9.97. The SMILES string of the molecule is C=CC(=O)OCCCC(CCCC(=O)O)C(=O)O. The fourth-order valence-corrected chi connectivity index (χ4v) is 1.45. The molecule has 0 aliphatic carbocycles. The first-order valence-electron chi connectivity index (χ1n) is 5.71. The molecule has 0 aliphatic rings. The molecule has 0 saturated carbocycles. The third-order valence-electron chi connectivity index (χ3n) is 2.40. The third-order valence-corrected chi connectivity index (χ3v) is 2.40. The lowest BCUT2D eigenvalue weighted by Crippen LogP contribution is -2.15. The van der Waals surface area contributed by atoms with Gasteiger partial charge in [0.25, 0.3) is 0 Å². The molecule has 0 aromatic carbocycles. The molecule has 6 nitrogen and oxygen atoms in total. The predicted octanol–water partition coefficient (Wildman–Crippen LogP) is 1.45. The minimum Gasteiger partial charge on any atom is -0.481 e. The minimum atomic E-state index is -0.949. The van der Waals surface area contributed by atoms with Gasteiger partial charge in [0.05, 0.1) is 12.5 Å². The van der Waals surface area contributed by atoms with E-state index in [0.717, 1.165) is 6.08 Å². The number of rotatable bonds is 10. The Morgan fingerprint density at radius 3 is 2.28 bits per heavy atom. The van der Waals surface area contributed by atoms with Crippen LogP contribution >= 0.6 is 0 Å². The molecule has 0 fully saturated rings. The molecule has 0 aromatic rings.